The molecule has 0 rings (SSSR count). The Hall–Kier alpha value is -3.93. The summed E-state index contributed by atoms with van der Waals surface area (Å²) in [4.78, 5) is 38.1. The van der Waals surface area contributed by atoms with Crippen LogP contribution in [0, 0.1) is 0 Å². The molecule has 0 saturated heterocycles. The smallest absolute Gasteiger partial charge is 0.306 e. The molecule has 0 heterocycles. The van der Waals surface area contributed by atoms with Gasteiger partial charge in [-0.3, -0.25) is 14.4 Å². The number of hydrogen-bond donors (Lipinski definition) is 0. The van der Waals surface area contributed by atoms with E-state index in [1.165, 1.54) is 109 Å². The van der Waals surface area contributed by atoms with E-state index in [0.29, 0.717) is 12.8 Å². The van der Waals surface area contributed by atoms with Crippen molar-refractivity contribution in [3.05, 3.63) is 109 Å². The van der Waals surface area contributed by atoms with Crippen molar-refractivity contribution in [1.82, 2.24) is 0 Å². The molecule has 0 bridgehead atoms. The topological polar surface area (TPSA) is 78.9 Å². The monoisotopic (exact) mass is 971 g/mol. The van der Waals surface area contributed by atoms with Gasteiger partial charge >= 0.3 is 17.9 Å². The van der Waals surface area contributed by atoms with Gasteiger partial charge in [0.05, 0.1) is 0 Å². The highest BCUT2D eigenvalue weighted by Gasteiger charge is 2.19. The van der Waals surface area contributed by atoms with E-state index in [0.717, 1.165) is 103 Å². The number of rotatable bonds is 51. The maximum absolute atomic E-state index is 12.9. The third kappa shape index (κ3) is 55.0. The molecule has 0 fully saturated rings. The second kappa shape index (κ2) is 57.6. The number of esters is 3. The van der Waals surface area contributed by atoms with Crippen LogP contribution in [-0.4, -0.2) is 37.2 Å². The van der Waals surface area contributed by atoms with Crippen molar-refractivity contribution in [2.45, 2.75) is 264 Å². The minimum absolute atomic E-state index is 0.110. The molecule has 6 nitrogen and oxygen atoms in total. The van der Waals surface area contributed by atoms with Crippen LogP contribution in [0.4, 0.5) is 0 Å². The van der Waals surface area contributed by atoms with Crippen LogP contribution in [0.3, 0.4) is 0 Å². The van der Waals surface area contributed by atoms with Gasteiger partial charge in [0.25, 0.3) is 0 Å². The molecule has 0 spiro atoms. The van der Waals surface area contributed by atoms with E-state index >= 15 is 0 Å². The molecule has 0 aromatic rings. The molecule has 0 saturated carbocycles. The summed E-state index contributed by atoms with van der Waals surface area (Å²) in [6.45, 7) is 6.42. The minimum Gasteiger partial charge on any atom is -0.462 e. The summed E-state index contributed by atoms with van der Waals surface area (Å²) < 4.78 is 16.8. The van der Waals surface area contributed by atoms with Crippen LogP contribution >= 0.6 is 0 Å². The Morgan fingerprint density at radius 1 is 0.300 bits per heavy atom. The van der Waals surface area contributed by atoms with Crippen molar-refractivity contribution in [3.8, 4) is 0 Å². The highest BCUT2D eigenvalue weighted by Crippen LogP contribution is 2.15. The second-order valence-electron chi connectivity index (χ2n) is 18.8. The minimum atomic E-state index is -0.821. The lowest BCUT2D eigenvalue weighted by Gasteiger charge is -2.18. The van der Waals surface area contributed by atoms with E-state index in [1.54, 1.807) is 0 Å². The Balaban J connectivity index is 4.54. The zero-order valence-electron chi connectivity index (χ0n) is 45.5. The van der Waals surface area contributed by atoms with Crippen molar-refractivity contribution in [1.29, 1.82) is 0 Å². The lowest BCUT2D eigenvalue weighted by Crippen LogP contribution is -2.30. The molecule has 0 N–H and O–H groups in total. The molecular formula is C64H106O6. The quantitative estimate of drug-likeness (QED) is 0.0262. The van der Waals surface area contributed by atoms with Gasteiger partial charge in [0.2, 0.25) is 0 Å². The van der Waals surface area contributed by atoms with Crippen molar-refractivity contribution in [3.63, 3.8) is 0 Å². The average molecular weight is 972 g/mol. The fourth-order valence-electron chi connectivity index (χ4n) is 7.71. The molecule has 0 aromatic heterocycles. The summed E-state index contributed by atoms with van der Waals surface area (Å²) in [6, 6.07) is 0. The van der Waals surface area contributed by atoms with Crippen molar-refractivity contribution >= 4 is 17.9 Å². The van der Waals surface area contributed by atoms with Crippen molar-refractivity contribution < 1.29 is 28.6 Å². The van der Waals surface area contributed by atoms with Gasteiger partial charge in [-0.15, -0.1) is 0 Å². The van der Waals surface area contributed by atoms with E-state index < -0.39 is 6.10 Å². The summed E-state index contributed by atoms with van der Waals surface area (Å²) >= 11 is 0. The normalized spacial score (nSPS) is 12.9. The third-order valence-corrected chi connectivity index (χ3v) is 12.0. The zero-order chi connectivity index (χ0) is 50.7. The van der Waals surface area contributed by atoms with Crippen LogP contribution in [0.15, 0.2) is 109 Å². The van der Waals surface area contributed by atoms with Gasteiger partial charge in [0.1, 0.15) is 13.2 Å². The van der Waals surface area contributed by atoms with Crippen LogP contribution < -0.4 is 0 Å². The van der Waals surface area contributed by atoms with E-state index in [-0.39, 0.29) is 44.0 Å². The van der Waals surface area contributed by atoms with Crippen LogP contribution in [0.2, 0.25) is 0 Å². The average Bonchev–Trinajstić information content (AvgIpc) is 3.36. The Labute approximate surface area is 431 Å². The second-order valence-corrected chi connectivity index (χ2v) is 18.8. The predicted molar refractivity (Wildman–Crippen MR) is 302 cm³/mol. The number of carbonyl (C=O) groups excluding carboxylic acids is 3. The Morgan fingerprint density at radius 3 is 0.986 bits per heavy atom. The fraction of sp³-hybridized carbons (Fsp3) is 0.672. The zero-order valence-corrected chi connectivity index (χ0v) is 45.5. The van der Waals surface area contributed by atoms with Crippen molar-refractivity contribution in [2.24, 2.45) is 0 Å². The number of allylic oxidation sites excluding steroid dienone is 18. The summed E-state index contributed by atoms with van der Waals surface area (Å²) in [5.74, 6) is -1.02. The molecule has 0 aliphatic rings. The van der Waals surface area contributed by atoms with E-state index in [1.807, 2.05) is 6.08 Å². The van der Waals surface area contributed by atoms with Crippen LogP contribution in [0.25, 0.3) is 0 Å². The first-order valence-corrected chi connectivity index (χ1v) is 28.9. The summed E-state index contributed by atoms with van der Waals surface area (Å²) in [5.41, 5.74) is 0. The van der Waals surface area contributed by atoms with Crippen molar-refractivity contribution in [2.75, 3.05) is 13.2 Å². The summed E-state index contributed by atoms with van der Waals surface area (Å²) in [5, 5.41) is 0. The van der Waals surface area contributed by atoms with Crippen LogP contribution in [0.5, 0.6) is 0 Å². The van der Waals surface area contributed by atoms with E-state index in [9.17, 15) is 14.4 Å². The van der Waals surface area contributed by atoms with E-state index in [4.69, 9.17) is 14.2 Å². The molecule has 0 amide bonds. The van der Waals surface area contributed by atoms with Gasteiger partial charge in [-0.05, 0) is 96.3 Å². The maximum atomic E-state index is 12.9. The van der Waals surface area contributed by atoms with Gasteiger partial charge in [-0.25, -0.2) is 0 Å². The fourth-order valence-corrected chi connectivity index (χ4v) is 7.71. The number of hydrogen-bond acceptors (Lipinski definition) is 6. The molecular weight excluding hydrogens is 865 g/mol. The molecule has 0 aromatic carbocycles. The first-order valence-electron chi connectivity index (χ1n) is 28.9. The molecule has 0 aliphatic heterocycles. The molecule has 0 radical (unpaired) electrons. The molecule has 0 unspecified atom stereocenters. The Kier molecular flexibility index (Phi) is 54.4. The first-order chi connectivity index (χ1) is 34.5. The lowest BCUT2D eigenvalue weighted by molar-refractivity contribution is -0.166. The molecule has 398 valence electrons. The summed E-state index contributed by atoms with van der Waals surface area (Å²) in [7, 11) is 0. The van der Waals surface area contributed by atoms with Gasteiger partial charge < -0.3 is 14.2 Å². The predicted octanol–water partition coefficient (Wildman–Crippen LogP) is 19.5. The maximum Gasteiger partial charge on any atom is 0.306 e. The third-order valence-electron chi connectivity index (χ3n) is 12.0. The van der Waals surface area contributed by atoms with Gasteiger partial charge in [-0.2, -0.15) is 0 Å². The van der Waals surface area contributed by atoms with E-state index in [2.05, 4.69) is 124 Å². The standard InChI is InChI=1S/C64H106O6/c1-4-7-10-13-16-19-22-25-28-31-32-34-36-39-42-45-48-51-54-57-63(66)69-60-61(59-68-62(65)56-53-50-47-44-41-38-35-30-27-24-21-18-15-12-9-6-3)70-64(67)58-55-52-49-46-43-40-37-33-29-26-23-20-17-14-11-8-5-2/h7,10,16-17,19-20,25-26,28-29,32,34,37,39-40,42,48,51,61H,4-6,8-9,11-15,18,21-24,27,30-31,33,35-36,38,41,43-47,49-50,52-60H2,1-3H3/b10-7-,19-16-,20-17-,28-25-,29-26-,34-32-,40-37-,42-39-,51-48-/t61-/m1/s1. The Morgan fingerprint density at radius 2 is 0.586 bits per heavy atom. The molecule has 0 aliphatic carbocycles. The SMILES string of the molecule is CC/C=C\C/C=C\C/C=C\C/C=C\C/C=C\C/C=C\CCC(=O)OC[C@@H](COC(=O)CCCCCCCCCCCCCCCCCC)OC(=O)CCCCCC/C=C\C/C=C\C/C=C\CCCCC. The summed E-state index contributed by atoms with van der Waals surface area (Å²) in [6.07, 6.45) is 78.0. The lowest BCUT2D eigenvalue weighted by atomic mass is 10.0. The van der Waals surface area contributed by atoms with Gasteiger partial charge in [0, 0.05) is 19.3 Å². The highest BCUT2D eigenvalue weighted by molar-refractivity contribution is 5.71. The molecule has 1 atom stereocenters. The molecule has 6 heteroatoms. The largest absolute Gasteiger partial charge is 0.462 e. The Bertz CT molecular complexity index is 1440. The van der Waals surface area contributed by atoms with Gasteiger partial charge in [-0.1, -0.05) is 252 Å². The highest BCUT2D eigenvalue weighted by atomic mass is 16.6. The van der Waals surface area contributed by atoms with Crippen LogP contribution in [0.1, 0.15) is 258 Å². The number of unbranched alkanes of at least 4 members (excludes halogenated alkanes) is 22. The van der Waals surface area contributed by atoms with Gasteiger partial charge in [0.15, 0.2) is 6.10 Å². The van der Waals surface area contributed by atoms with Crippen LogP contribution in [-0.2, 0) is 28.6 Å². The number of carbonyl (C=O) groups is 3. The first kappa shape index (κ1) is 66.1. The molecule has 70 heavy (non-hydrogen) atoms. The number of ether oxygens (including phenoxy) is 3.